The molecule has 0 aliphatic heterocycles. The van der Waals surface area contributed by atoms with Crippen molar-refractivity contribution in [3.05, 3.63) is 60.8 Å². The van der Waals surface area contributed by atoms with Gasteiger partial charge in [-0.15, -0.1) is 0 Å². The molecule has 1 atom stereocenters. The van der Waals surface area contributed by atoms with Crippen LogP contribution in [0.4, 0.5) is 0 Å². The normalized spacial score (nSPS) is 12.4. The molecule has 0 aromatic carbocycles. The number of unbranched alkanes of at least 4 members (excludes halogenated alkanes) is 41. The Morgan fingerprint density at radius 1 is 0.273 bits per heavy atom. The largest absolute Gasteiger partial charge is 0.462 e. The summed E-state index contributed by atoms with van der Waals surface area (Å²) < 4.78 is 16.9. The average molecular weight is 1080 g/mol. The van der Waals surface area contributed by atoms with E-state index in [2.05, 4.69) is 81.5 Å². The highest BCUT2D eigenvalue weighted by Gasteiger charge is 2.19. The highest BCUT2D eigenvalue weighted by atomic mass is 16.6. The molecule has 0 aliphatic rings. The zero-order valence-electron chi connectivity index (χ0n) is 51.5. The predicted molar refractivity (Wildman–Crippen MR) is 335 cm³/mol. The van der Waals surface area contributed by atoms with Crippen molar-refractivity contribution in [2.75, 3.05) is 13.2 Å². The van der Waals surface area contributed by atoms with Gasteiger partial charge in [-0.2, -0.15) is 0 Å². The van der Waals surface area contributed by atoms with E-state index in [1.165, 1.54) is 225 Å². The third kappa shape index (κ3) is 63.8. The van der Waals surface area contributed by atoms with E-state index in [4.69, 9.17) is 14.2 Å². The van der Waals surface area contributed by atoms with Crippen LogP contribution in [0.1, 0.15) is 355 Å². The van der Waals surface area contributed by atoms with Crippen LogP contribution in [0.2, 0.25) is 0 Å². The van der Waals surface area contributed by atoms with Crippen molar-refractivity contribution in [2.24, 2.45) is 0 Å². The van der Waals surface area contributed by atoms with Crippen LogP contribution in [0.5, 0.6) is 0 Å². The minimum Gasteiger partial charge on any atom is -0.462 e. The van der Waals surface area contributed by atoms with Crippen LogP contribution in [0, 0.1) is 0 Å². The summed E-state index contributed by atoms with van der Waals surface area (Å²) in [5.41, 5.74) is 0. The molecule has 0 saturated carbocycles. The summed E-state index contributed by atoms with van der Waals surface area (Å²) in [7, 11) is 0. The number of esters is 3. The quantitative estimate of drug-likeness (QED) is 0.0261. The Morgan fingerprint density at radius 2 is 0.506 bits per heavy atom. The van der Waals surface area contributed by atoms with E-state index in [0.29, 0.717) is 19.3 Å². The van der Waals surface area contributed by atoms with E-state index < -0.39 is 6.10 Å². The van der Waals surface area contributed by atoms with Gasteiger partial charge in [-0.25, -0.2) is 0 Å². The van der Waals surface area contributed by atoms with Crippen molar-refractivity contribution in [1.82, 2.24) is 0 Å². The maximum absolute atomic E-state index is 12.9. The lowest BCUT2D eigenvalue weighted by Gasteiger charge is -2.18. The van der Waals surface area contributed by atoms with Crippen LogP contribution in [-0.4, -0.2) is 37.2 Å². The lowest BCUT2D eigenvalue weighted by molar-refractivity contribution is -0.167. The molecule has 77 heavy (non-hydrogen) atoms. The molecule has 0 heterocycles. The van der Waals surface area contributed by atoms with Gasteiger partial charge in [0.1, 0.15) is 13.2 Å². The van der Waals surface area contributed by atoms with Crippen molar-refractivity contribution in [3.8, 4) is 0 Å². The summed E-state index contributed by atoms with van der Waals surface area (Å²) in [5, 5.41) is 0. The highest BCUT2D eigenvalue weighted by molar-refractivity contribution is 5.71. The van der Waals surface area contributed by atoms with Gasteiger partial charge in [0.05, 0.1) is 0 Å². The van der Waals surface area contributed by atoms with Crippen molar-refractivity contribution < 1.29 is 28.6 Å². The lowest BCUT2D eigenvalue weighted by Crippen LogP contribution is -2.30. The SMILES string of the molecule is CC/C=C\C/C=C\C/C=C\CCCCCC(=O)OCC(COC(=O)CCCCCCCCCCCCCCCCC/C=C\C/C=C\CCCCCCC)OC(=O)CCCCCCCCCCCCCCCCCCCCC. The van der Waals surface area contributed by atoms with E-state index in [-0.39, 0.29) is 31.1 Å². The molecule has 0 aromatic heterocycles. The number of allylic oxidation sites excluding steroid dienone is 10. The molecule has 6 nitrogen and oxygen atoms in total. The minimum absolute atomic E-state index is 0.0797. The van der Waals surface area contributed by atoms with E-state index in [1.54, 1.807) is 0 Å². The Kier molecular flexibility index (Phi) is 63.2. The van der Waals surface area contributed by atoms with E-state index in [0.717, 1.165) is 89.9 Å². The average Bonchev–Trinajstić information content (AvgIpc) is 3.43. The molecular formula is C71H128O6. The molecule has 0 fully saturated rings. The molecule has 0 saturated heterocycles. The Hall–Kier alpha value is -2.89. The molecule has 0 radical (unpaired) electrons. The van der Waals surface area contributed by atoms with Crippen LogP contribution in [0.15, 0.2) is 60.8 Å². The van der Waals surface area contributed by atoms with Gasteiger partial charge in [0.15, 0.2) is 6.10 Å². The summed E-state index contributed by atoms with van der Waals surface area (Å²) in [5.74, 6) is -0.889. The van der Waals surface area contributed by atoms with Gasteiger partial charge in [-0.1, -0.05) is 313 Å². The standard InChI is InChI=1S/C71H128O6/c1-4-7-10-13-16-19-22-25-27-29-31-32-33-34-35-36-37-38-40-41-43-46-49-52-55-58-61-64-70(73)76-67-68(66-75-69(72)63-60-57-54-51-48-45-24-21-18-15-12-9-6-3)77-71(74)65-62-59-56-53-50-47-44-42-39-30-28-26-23-20-17-14-11-8-5-2/h9,12,18,21-22,25,29,31,45,48,68H,4-8,10-11,13-17,19-20,23-24,26-28,30,32-44,46-47,49-67H2,1-3H3/b12-9-,21-18-,25-22-,31-29-,48-45-. The van der Waals surface area contributed by atoms with Gasteiger partial charge in [0.2, 0.25) is 0 Å². The number of hydrogen-bond acceptors (Lipinski definition) is 6. The maximum atomic E-state index is 12.9. The van der Waals surface area contributed by atoms with Crippen LogP contribution in [-0.2, 0) is 28.6 Å². The molecule has 0 spiro atoms. The smallest absolute Gasteiger partial charge is 0.306 e. The summed E-state index contributed by atoms with van der Waals surface area (Å²) >= 11 is 0. The van der Waals surface area contributed by atoms with E-state index in [1.807, 2.05) is 0 Å². The molecule has 0 aliphatic carbocycles. The zero-order valence-corrected chi connectivity index (χ0v) is 51.5. The number of rotatable bonds is 62. The van der Waals surface area contributed by atoms with Gasteiger partial charge in [0.25, 0.3) is 0 Å². The van der Waals surface area contributed by atoms with Crippen molar-refractivity contribution in [2.45, 2.75) is 361 Å². The molecule has 0 rings (SSSR count). The number of hydrogen-bond donors (Lipinski definition) is 0. The highest BCUT2D eigenvalue weighted by Crippen LogP contribution is 2.18. The minimum atomic E-state index is -0.785. The first kappa shape index (κ1) is 74.1. The molecular weight excluding hydrogens is 949 g/mol. The lowest BCUT2D eigenvalue weighted by atomic mass is 10.0. The molecule has 6 heteroatoms. The number of carbonyl (C=O) groups excluding carboxylic acids is 3. The van der Waals surface area contributed by atoms with Crippen LogP contribution in [0.25, 0.3) is 0 Å². The second-order valence-electron chi connectivity index (χ2n) is 22.7. The monoisotopic (exact) mass is 1080 g/mol. The second kappa shape index (κ2) is 65.6. The maximum Gasteiger partial charge on any atom is 0.306 e. The third-order valence-corrected chi connectivity index (χ3v) is 15.0. The predicted octanol–water partition coefficient (Wildman–Crippen LogP) is 23.1. The van der Waals surface area contributed by atoms with E-state index >= 15 is 0 Å². The fourth-order valence-electron chi connectivity index (χ4n) is 9.96. The van der Waals surface area contributed by atoms with Gasteiger partial charge < -0.3 is 14.2 Å². The molecule has 0 amide bonds. The first-order valence-corrected chi connectivity index (χ1v) is 33.8. The Morgan fingerprint density at radius 3 is 0.805 bits per heavy atom. The number of ether oxygens (including phenoxy) is 3. The molecule has 0 aromatic rings. The molecule has 1 unspecified atom stereocenters. The topological polar surface area (TPSA) is 78.9 Å². The van der Waals surface area contributed by atoms with Crippen LogP contribution >= 0.6 is 0 Å². The number of carbonyl (C=O) groups is 3. The Balaban J connectivity index is 4.24. The first-order valence-electron chi connectivity index (χ1n) is 33.8. The van der Waals surface area contributed by atoms with Gasteiger partial charge in [0, 0.05) is 19.3 Å². The fourth-order valence-corrected chi connectivity index (χ4v) is 9.96. The van der Waals surface area contributed by atoms with Crippen LogP contribution in [0.3, 0.4) is 0 Å². The molecule has 448 valence electrons. The summed E-state index contributed by atoms with van der Waals surface area (Å²) in [6, 6.07) is 0. The summed E-state index contributed by atoms with van der Waals surface area (Å²) in [4.78, 5) is 38.3. The van der Waals surface area contributed by atoms with Crippen molar-refractivity contribution in [1.29, 1.82) is 0 Å². The second-order valence-corrected chi connectivity index (χ2v) is 22.7. The van der Waals surface area contributed by atoms with E-state index in [9.17, 15) is 14.4 Å². The fraction of sp³-hybridized carbons (Fsp3) is 0.817. The molecule has 0 N–H and O–H groups in total. The van der Waals surface area contributed by atoms with Crippen molar-refractivity contribution >= 4 is 17.9 Å². The summed E-state index contributed by atoms with van der Waals surface area (Å²) in [6.45, 7) is 6.55. The Bertz CT molecular complexity index is 1380. The summed E-state index contributed by atoms with van der Waals surface area (Å²) in [6.07, 6.45) is 83.9. The third-order valence-electron chi connectivity index (χ3n) is 15.0. The zero-order chi connectivity index (χ0) is 55.7. The van der Waals surface area contributed by atoms with Gasteiger partial charge in [-0.3, -0.25) is 14.4 Å². The Labute approximate surface area is 479 Å². The van der Waals surface area contributed by atoms with Gasteiger partial charge in [-0.05, 0) is 83.5 Å². The molecule has 0 bridgehead atoms. The first-order chi connectivity index (χ1) is 38.0. The van der Waals surface area contributed by atoms with Crippen LogP contribution < -0.4 is 0 Å². The van der Waals surface area contributed by atoms with Crippen molar-refractivity contribution in [3.63, 3.8) is 0 Å². The van der Waals surface area contributed by atoms with Gasteiger partial charge >= 0.3 is 17.9 Å².